The van der Waals surface area contributed by atoms with Gasteiger partial charge in [-0.15, -0.1) is 5.10 Å². The van der Waals surface area contributed by atoms with E-state index in [1.807, 2.05) is 25.1 Å². The van der Waals surface area contributed by atoms with Crippen LogP contribution in [0.25, 0.3) is 5.65 Å². The molecule has 9 nitrogen and oxygen atoms in total. The maximum absolute atomic E-state index is 11.4. The minimum atomic E-state index is -0.928. The number of rotatable bonds is 6. The number of hydrogen-bond acceptors (Lipinski definition) is 7. The summed E-state index contributed by atoms with van der Waals surface area (Å²) in [5, 5.41) is 33.0. The Morgan fingerprint density at radius 3 is 2.72 bits per heavy atom. The van der Waals surface area contributed by atoms with Crippen LogP contribution >= 0.6 is 0 Å². The first-order valence-electron chi connectivity index (χ1n) is 9.07. The Bertz CT molecular complexity index is 1110. The van der Waals surface area contributed by atoms with E-state index in [-0.39, 0.29) is 18.1 Å². The summed E-state index contributed by atoms with van der Waals surface area (Å²) < 4.78 is 1.44. The predicted molar refractivity (Wildman–Crippen MR) is 111 cm³/mol. The van der Waals surface area contributed by atoms with Crippen LogP contribution in [0.1, 0.15) is 32.0 Å². The van der Waals surface area contributed by atoms with Gasteiger partial charge in [0.05, 0.1) is 17.5 Å². The van der Waals surface area contributed by atoms with Crippen molar-refractivity contribution >= 4 is 34.4 Å². The molecule has 29 heavy (non-hydrogen) atoms. The van der Waals surface area contributed by atoms with Gasteiger partial charge in [-0.3, -0.25) is 4.79 Å². The lowest BCUT2D eigenvalue weighted by Crippen LogP contribution is -2.29. The summed E-state index contributed by atoms with van der Waals surface area (Å²) >= 11 is 0. The molecule has 0 aliphatic heterocycles. The van der Waals surface area contributed by atoms with Crippen LogP contribution < -0.4 is 16.0 Å². The fourth-order valence-electron chi connectivity index (χ4n) is 2.72. The molecule has 0 atom stereocenters. The molecule has 2 heterocycles. The van der Waals surface area contributed by atoms with Crippen LogP contribution in [0.4, 0.5) is 22.9 Å². The van der Waals surface area contributed by atoms with Crippen molar-refractivity contribution in [3.63, 3.8) is 0 Å². The second kappa shape index (κ2) is 7.77. The first kappa shape index (κ1) is 20.1. The van der Waals surface area contributed by atoms with E-state index in [4.69, 9.17) is 0 Å². The molecule has 2 aromatic heterocycles. The van der Waals surface area contributed by atoms with Gasteiger partial charge in [-0.2, -0.15) is 9.78 Å². The zero-order valence-electron chi connectivity index (χ0n) is 16.7. The summed E-state index contributed by atoms with van der Waals surface area (Å²) in [5.41, 5.74) is 2.82. The van der Waals surface area contributed by atoms with Gasteiger partial charge in [-0.25, -0.2) is 4.98 Å². The molecular formula is C20H23N7O2. The molecule has 0 fully saturated rings. The van der Waals surface area contributed by atoms with E-state index in [0.717, 1.165) is 11.3 Å². The fraction of sp³-hybridized carbons (Fsp3) is 0.300. The maximum atomic E-state index is 11.4. The van der Waals surface area contributed by atoms with Crippen LogP contribution in [0, 0.1) is 18.3 Å². The van der Waals surface area contributed by atoms with Crippen molar-refractivity contribution in [1.82, 2.24) is 14.6 Å². The summed E-state index contributed by atoms with van der Waals surface area (Å²) in [6.07, 6.45) is 1.45. The third-order valence-electron chi connectivity index (χ3n) is 4.11. The minimum absolute atomic E-state index is 0.153. The number of aryl methyl sites for hydroxylation is 1. The van der Waals surface area contributed by atoms with E-state index in [9.17, 15) is 15.2 Å². The highest BCUT2D eigenvalue weighted by atomic mass is 16.3. The highest BCUT2D eigenvalue weighted by Gasteiger charge is 2.16. The van der Waals surface area contributed by atoms with Crippen molar-refractivity contribution in [1.29, 1.82) is 5.26 Å². The average Bonchev–Trinajstić information content (AvgIpc) is 3.04. The van der Waals surface area contributed by atoms with Crippen molar-refractivity contribution in [2.75, 3.05) is 22.5 Å². The molecule has 4 N–H and O–H groups in total. The van der Waals surface area contributed by atoms with Gasteiger partial charge in [0.1, 0.15) is 6.07 Å². The van der Waals surface area contributed by atoms with E-state index in [0.29, 0.717) is 22.8 Å². The molecule has 9 heteroatoms. The number of anilines is 4. The largest absolute Gasteiger partial charge is 0.389 e. The Morgan fingerprint density at radius 2 is 2.07 bits per heavy atom. The Balaban J connectivity index is 1.99. The Morgan fingerprint density at radius 1 is 1.31 bits per heavy atom. The SMILES string of the molecule is CC(=O)Nc1cc(Nc2cc(NCC(C)(C)O)c3ncc(C#N)n3n2)ccc1C. The Hall–Kier alpha value is -3.64. The van der Waals surface area contributed by atoms with Crippen LogP contribution in [0.2, 0.25) is 0 Å². The fourth-order valence-corrected chi connectivity index (χ4v) is 2.72. The molecule has 0 saturated heterocycles. The summed E-state index contributed by atoms with van der Waals surface area (Å²) in [6, 6.07) is 9.39. The van der Waals surface area contributed by atoms with E-state index in [1.54, 1.807) is 19.9 Å². The van der Waals surface area contributed by atoms with Crippen molar-refractivity contribution in [2.45, 2.75) is 33.3 Å². The second-order valence-electron chi connectivity index (χ2n) is 7.44. The summed E-state index contributed by atoms with van der Waals surface area (Å²) in [4.78, 5) is 15.7. The molecule has 0 bridgehead atoms. The number of aliphatic hydroxyl groups is 1. The second-order valence-corrected chi connectivity index (χ2v) is 7.44. The number of carbonyl (C=O) groups excluding carboxylic acids is 1. The number of nitriles is 1. The Kier molecular flexibility index (Phi) is 5.39. The number of imidazole rings is 1. The highest BCUT2D eigenvalue weighted by molar-refractivity contribution is 5.90. The normalized spacial score (nSPS) is 11.2. The van der Waals surface area contributed by atoms with E-state index in [1.165, 1.54) is 17.6 Å². The molecule has 3 rings (SSSR count). The third kappa shape index (κ3) is 4.80. The number of benzene rings is 1. The molecule has 0 aliphatic rings. The van der Waals surface area contributed by atoms with Crippen molar-refractivity contribution in [3.05, 3.63) is 41.7 Å². The van der Waals surface area contributed by atoms with Gasteiger partial charge in [0.2, 0.25) is 5.91 Å². The first-order valence-corrected chi connectivity index (χ1v) is 9.07. The van der Waals surface area contributed by atoms with Crippen LogP contribution in [-0.2, 0) is 4.79 Å². The summed E-state index contributed by atoms with van der Waals surface area (Å²) in [6.45, 7) is 7.04. The lowest BCUT2D eigenvalue weighted by Gasteiger charge is -2.19. The lowest BCUT2D eigenvalue weighted by molar-refractivity contribution is -0.114. The molecule has 0 aliphatic carbocycles. The van der Waals surface area contributed by atoms with Gasteiger partial charge < -0.3 is 21.1 Å². The third-order valence-corrected chi connectivity index (χ3v) is 4.11. The van der Waals surface area contributed by atoms with Crippen molar-refractivity contribution in [2.24, 2.45) is 0 Å². The number of aromatic nitrogens is 3. The lowest BCUT2D eigenvalue weighted by atomic mass is 10.1. The van der Waals surface area contributed by atoms with Gasteiger partial charge in [0.15, 0.2) is 17.2 Å². The number of nitrogens with zero attached hydrogens (tertiary/aromatic N) is 4. The van der Waals surface area contributed by atoms with Gasteiger partial charge >= 0.3 is 0 Å². The zero-order chi connectivity index (χ0) is 21.2. The molecule has 1 amide bonds. The van der Waals surface area contributed by atoms with Gasteiger partial charge in [-0.05, 0) is 38.5 Å². The monoisotopic (exact) mass is 393 g/mol. The smallest absolute Gasteiger partial charge is 0.221 e. The van der Waals surface area contributed by atoms with Gasteiger partial charge in [0, 0.05) is 30.9 Å². The number of fused-ring (bicyclic) bond motifs is 1. The van der Waals surface area contributed by atoms with Crippen LogP contribution in [-0.4, -0.2) is 37.8 Å². The van der Waals surface area contributed by atoms with Crippen LogP contribution in [0.3, 0.4) is 0 Å². The summed E-state index contributed by atoms with van der Waals surface area (Å²) in [7, 11) is 0. The predicted octanol–water partition coefficient (Wildman–Crippen LogP) is 2.79. The number of amides is 1. The average molecular weight is 393 g/mol. The van der Waals surface area contributed by atoms with E-state index >= 15 is 0 Å². The van der Waals surface area contributed by atoms with E-state index in [2.05, 4.69) is 32.1 Å². The highest BCUT2D eigenvalue weighted by Crippen LogP contribution is 2.26. The minimum Gasteiger partial charge on any atom is -0.389 e. The molecule has 0 unspecified atom stereocenters. The first-order chi connectivity index (χ1) is 13.7. The van der Waals surface area contributed by atoms with E-state index < -0.39 is 5.60 Å². The van der Waals surface area contributed by atoms with Crippen LogP contribution in [0.5, 0.6) is 0 Å². The molecule has 0 radical (unpaired) electrons. The van der Waals surface area contributed by atoms with Crippen molar-refractivity contribution < 1.29 is 9.90 Å². The number of hydrogen-bond donors (Lipinski definition) is 4. The van der Waals surface area contributed by atoms with Crippen LogP contribution in [0.15, 0.2) is 30.5 Å². The standard InChI is InChI=1S/C20H23N7O2/c1-12-5-6-14(7-16(12)24-13(2)28)25-18-8-17(23-11-20(3,4)29)19-22-10-15(9-21)27(19)26-18/h5-8,10,23,29H,11H2,1-4H3,(H,24,28)(H,25,26). The topological polar surface area (TPSA) is 127 Å². The number of carbonyl (C=O) groups is 1. The number of nitrogens with one attached hydrogen (secondary N) is 3. The zero-order valence-corrected chi connectivity index (χ0v) is 16.7. The Labute approximate surface area is 168 Å². The van der Waals surface area contributed by atoms with Crippen molar-refractivity contribution in [3.8, 4) is 6.07 Å². The molecule has 1 aromatic carbocycles. The molecule has 0 spiro atoms. The van der Waals surface area contributed by atoms with Gasteiger partial charge in [-0.1, -0.05) is 6.07 Å². The van der Waals surface area contributed by atoms with Gasteiger partial charge in [0.25, 0.3) is 0 Å². The molecule has 3 aromatic rings. The molecule has 0 saturated carbocycles. The quantitative estimate of drug-likeness (QED) is 0.507. The maximum Gasteiger partial charge on any atom is 0.221 e. The molecular weight excluding hydrogens is 370 g/mol. The molecule has 150 valence electrons. The summed E-state index contributed by atoms with van der Waals surface area (Å²) in [5.74, 6) is 0.322.